The molecule has 4 aliphatic rings. The van der Waals surface area contributed by atoms with Crippen LogP contribution in [-0.2, 0) is 4.79 Å². The molecule has 0 heterocycles. The molecule has 0 aromatic heterocycles. The third-order valence-electron chi connectivity index (χ3n) is 7.62. The minimum atomic E-state index is -0.957. The molecule has 0 radical (unpaired) electrons. The molecule has 31 heavy (non-hydrogen) atoms. The average Bonchev–Trinajstić information content (AvgIpc) is 2.64. The van der Waals surface area contributed by atoms with Crippen LogP contribution in [0.25, 0.3) is 11.1 Å². The lowest BCUT2D eigenvalue weighted by Gasteiger charge is -2.64. The lowest BCUT2D eigenvalue weighted by molar-refractivity contribution is -0.138. The van der Waals surface area contributed by atoms with E-state index < -0.39 is 17.7 Å². The monoisotopic (exact) mass is 423 g/mol. The van der Waals surface area contributed by atoms with Gasteiger partial charge in [-0.05, 0) is 79.4 Å². The Hall–Kier alpha value is -2.20. The van der Waals surface area contributed by atoms with Gasteiger partial charge in [0.05, 0.1) is 5.92 Å². The molecule has 0 spiro atoms. The largest absolute Gasteiger partial charge is 0.481 e. The molecule has 4 fully saturated rings. The number of benzene rings is 2. The predicted octanol–water partition coefficient (Wildman–Crippen LogP) is 6.37. The molecule has 0 saturated heterocycles. The van der Waals surface area contributed by atoms with E-state index in [-0.39, 0.29) is 5.54 Å². The average molecular weight is 424 g/mol. The van der Waals surface area contributed by atoms with E-state index in [4.69, 9.17) is 10.8 Å². The molecule has 4 heteroatoms. The summed E-state index contributed by atoms with van der Waals surface area (Å²) in [6.07, 6.45) is 8.27. The molecular weight excluding hydrogens is 389 g/mol. The molecule has 3 N–H and O–H groups in total. The number of carboxylic acid groups (broad SMARTS) is 1. The summed E-state index contributed by atoms with van der Waals surface area (Å²) in [6, 6.07) is 13.7. The van der Waals surface area contributed by atoms with E-state index in [1.807, 2.05) is 30.3 Å². The number of hydrogen-bond acceptors (Lipinski definition) is 2. The first kappa shape index (κ1) is 22.0. The topological polar surface area (TPSA) is 63.3 Å². The molecule has 2 aromatic rings. The highest BCUT2D eigenvalue weighted by Crippen LogP contribution is 2.65. The van der Waals surface area contributed by atoms with Gasteiger partial charge in [0, 0.05) is 11.1 Å². The summed E-state index contributed by atoms with van der Waals surface area (Å²) < 4.78 is 14.0. The Labute approximate surface area is 184 Å². The minimum Gasteiger partial charge on any atom is -0.481 e. The van der Waals surface area contributed by atoms with E-state index >= 15 is 0 Å². The summed E-state index contributed by atoms with van der Waals surface area (Å²) in [5, 5.41) is 8.89. The first-order valence-electron chi connectivity index (χ1n) is 11.4. The molecule has 166 valence electrons. The summed E-state index contributed by atoms with van der Waals surface area (Å²) in [5.74, 6) is -1.10. The van der Waals surface area contributed by atoms with Crippen LogP contribution in [0.3, 0.4) is 0 Å². The summed E-state index contributed by atoms with van der Waals surface area (Å²) >= 11 is 0. The Morgan fingerprint density at radius 3 is 2.13 bits per heavy atom. The minimum absolute atomic E-state index is 0.225. The second kappa shape index (κ2) is 7.74. The molecule has 2 aromatic carbocycles. The fourth-order valence-electron chi connectivity index (χ4n) is 7.33. The van der Waals surface area contributed by atoms with Gasteiger partial charge in [-0.2, -0.15) is 0 Å². The first-order chi connectivity index (χ1) is 14.5. The van der Waals surface area contributed by atoms with E-state index in [0.29, 0.717) is 22.0 Å². The van der Waals surface area contributed by atoms with Gasteiger partial charge in [0.15, 0.2) is 0 Å². The van der Waals surface area contributed by atoms with Gasteiger partial charge in [-0.1, -0.05) is 56.3 Å². The van der Waals surface area contributed by atoms with Crippen molar-refractivity contribution in [3.63, 3.8) is 0 Å². The SMILES string of the molecule is CC12CC3CC(C)(C1)CC(N)(C3)C2.C[C@@H](C(=O)O)c1ccc(-c2ccccc2)c(F)c1. The second-order valence-corrected chi connectivity index (χ2v) is 11.2. The number of halogens is 1. The van der Waals surface area contributed by atoms with Crippen LogP contribution >= 0.6 is 0 Å². The van der Waals surface area contributed by atoms with Crippen molar-refractivity contribution in [1.29, 1.82) is 0 Å². The Balaban J connectivity index is 0.000000156. The molecule has 4 saturated carbocycles. The summed E-state index contributed by atoms with van der Waals surface area (Å²) in [7, 11) is 0. The summed E-state index contributed by atoms with van der Waals surface area (Å²) in [4.78, 5) is 10.8. The zero-order valence-corrected chi connectivity index (χ0v) is 18.8. The van der Waals surface area contributed by atoms with Crippen LogP contribution in [-0.4, -0.2) is 16.6 Å². The van der Waals surface area contributed by atoms with Crippen molar-refractivity contribution < 1.29 is 14.3 Å². The van der Waals surface area contributed by atoms with Crippen molar-refractivity contribution in [2.75, 3.05) is 0 Å². The smallest absolute Gasteiger partial charge is 0.310 e. The fourth-order valence-corrected chi connectivity index (χ4v) is 7.33. The zero-order valence-electron chi connectivity index (χ0n) is 18.8. The van der Waals surface area contributed by atoms with E-state index in [9.17, 15) is 9.18 Å². The van der Waals surface area contributed by atoms with E-state index in [1.165, 1.54) is 44.6 Å². The van der Waals surface area contributed by atoms with Gasteiger partial charge in [0.1, 0.15) is 5.82 Å². The third-order valence-corrected chi connectivity index (χ3v) is 7.62. The molecule has 4 bridgehead atoms. The Morgan fingerprint density at radius 2 is 1.65 bits per heavy atom. The van der Waals surface area contributed by atoms with E-state index in [1.54, 1.807) is 19.1 Å². The van der Waals surface area contributed by atoms with Crippen molar-refractivity contribution in [1.82, 2.24) is 0 Å². The van der Waals surface area contributed by atoms with Gasteiger partial charge in [0.25, 0.3) is 0 Å². The predicted molar refractivity (Wildman–Crippen MR) is 122 cm³/mol. The molecule has 3 atom stereocenters. The zero-order chi connectivity index (χ0) is 22.4. The second-order valence-electron chi connectivity index (χ2n) is 11.2. The maximum Gasteiger partial charge on any atom is 0.310 e. The van der Waals surface area contributed by atoms with Crippen LogP contribution in [0.2, 0.25) is 0 Å². The van der Waals surface area contributed by atoms with Gasteiger partial charge in [-0.15, -0.1) is 0 Å². The van der Waals surface area contributed by atoms with Gasteiger partial charge in [-0.3, -0.25) is 4.79 Å². The number of carbonyl (C=O) groups is 1. The van der Waals surface area contributed by atoms with Crippen LogP contribution in [0.15, 0.2) is 48.5 Å². The quantitative estimate of drug-likeness (QED) is 0.602. The normalized spacial score (nSPS) is 34.0. The van der Waals surface area contributed by atoms with Crippen molar-refractivity contribution in [2.45, 2.75) is 70.8 Å². The van der Waals surface area contributed by atoms with Crippen LogP contribution in [0.5, 0.6) is 0 Å². The van der Waals surface area contributed by atoms with Gasteiger partial charge < -0.3 is 10.8 Å². The number of hydrogen-bond donors (Lipinski definition) is 2. The molecule has 3 nitrogen and oxygen atoms in total. The van der Waals surface area contributed by atoms with E-state index in [0.717, 1.165) is 11.5 Å². The molecular formula is C27H34FNO2. The fraction of sp³-hybridized carbons (Fsp3) is 0.519. The maximum atomic E-state index is 14.0. The summed E-state index contributed by atoms with van der Waals surface area (Å²) in [6.45, 7) is 6.48. The Kier molecular flexibility index (Phi) is 5.49. The molecule has 6 rings (SSSR count). The van der Waals surface area contributed by atoms with Crippen molar-refractivity contribution in [3.05, 3.63) is 59.9 Å². The summed E-state index contributed by atoms with van der Waals surface area (Å²) in [5.41, 5.74) is 9.65. The lowest BCUT2D eigenvalue weighted by Crippen LogP contribution is -2.62. The molecule has 4 aliphatic carbocycles. The van der Waals surface area contributed by atoms with Crippen molar-refractivity contribution in [2.24, 2.45) is 22.5 Å². The molecule has 2 unspecified atom stereocenters. The number of aliphatic carboxylic acids is 1. The van der Waals surface area contributed by atoms with E-state index in [2.05, 4.69) is 13.8 Å². The van der Waals surface area contributed by atoms with Crippen molar-refractivity contribution >= 4 is 5.97 Å². The highest BCUT2D eigenvalue weighted by Gasteiger charge is 2.58. The highest BCUT2D eigenvalue weighted by atomic mass is 19.1. The van der Waals surface area contributed by atoms with Crippen molar-refractivity contribution in [3.8, 4) is 11.1 Å². The Bertz CT molecular complexity index is 922. The third kappa shape index (κ3) is 4.55. The van der Waals surface area contributed by atoms with Gasteiger partial charge >= 0.3 is 5.97 Å². The lowest BCUT2D eigenvalue weighted by atomic mass is 9.43. The maximum absolute atomic E-state index is 14.0. The van der Waals surface area contributed by atoms with Gasteiger partial charge in [0.2, 0.25) is 0 Å². The first-order valence-corrected chi connectivity index (χ1v) is 11.4. The number of rotatable bonds is 3. The van der Waals surface area contributed by atoms with Crippen LogP contribution in [0.4, 0.5) is 4.39 Å². The van der Waals surface area contributed by atoms with Gasteiger partial charge in [-0.25, -0.2) is 4.39 Å². The van der Waals surface area contributed by atoms with Crippen LogP contribution in [0, 0.1) is 22.6 Å². The highest BCUT2D eigenvalue weighted by molar-refractivity contribution is 5.76. The molecule has 0 aliphatic heterocycles. The van der Waals surface area contributed by atoms with Crippen LogP contribution < -0.4 is 5.73 Å². The standard InChI is InChI=1S/C15H13FO2.C12H21N/c1-10(15(17)18)12-7-8-13(14(16)9-12)11-5-3-2-4-6-11;1-10-3-9-4-11(2,6-10)8-12(13,5-9)7-10/h2-10H,1H3,(H,17,18);9H,3-8,13H2,1-2H3/t10-;/m1./s1. The molecule has 0 amide bonds. The Morgan fingerprint density at radius 1 is 1.03 bits per heavy atom. The number of nitrogens with two attached hydrogens (primary N) is 1. The number of carboxylic acids is 1. The van der Waals surface area contributed by atoms with Crippen LogP contribution in [0.1, 0.15) is 70.8 Å².